The molecule has 8 heteroatoms. The fourth-order valence-electron chi connectivity index (χ4n) is 3.25. The van der Waals surface area contributed by atoms with Crippen molar-refractivity contribution in [1.29, 1.82) is 0 Å². The molecule has 28 heavy (non-hydrogen) atoms. The largest absolute Gasteiger partial charge is 0.372 e. The fourth-order valence-corrected chi connectivity index (χ4v) is 4.21. The van der Waals surface area contributed by atoms with Gasteiger partial charge in [0.15, 0.2) is 0 Å². The van der Waals surface area contributed by atoms with Gasteiger partial charge in [-0.25, -0.2) is 13.1 Å². The number of amides is 1. The molecule has 0 aliphatic carbocycles. The lowest BCUT2D eigenvalue weighted by atomic mass is 10.2. The van der Waals surface area contributed by atoms with Crippen LogP contribution in [0.2, 0.25) is 5.02 Å². The number of hydrogen-bond donors (Lipinski definition) is 2. The topological polar surface area (TPSA) is 78.5 Å². The van der Waals surface area contributed by atoms with Gasteiger partial charge in [-0.05, 0) is 62.4 Å². The van der Waals surface area contributed by atoms with Crippen molar-refractivity contribution in [3.63, 3.8) is 0 Å². The Hall–Kier alpha value is -2.09. The van der Waals surface area contributed by atoms with Crippen LogP contribution in [0.3, 0.4) is 0 Å². The highest BCUT2D eigenvalue weighted by Gasteiger charge is 2.18. The highest BCUT2D eigenvalue weighted by Crippen LogP contribution is 2.24. The normalized spacial score (nSPS) is 15.1. The molecular formula is C20H24ClN3O3S. The van der Waals surface area contributed by atoms with E-state index >= 15 is 0 Å². The number of halogens is 1. The third-order valence-electron chi connectivity index (χ3n) is 4.86. The summed E-state index contributed by atoms with van der Waals surface area (Å²) in [6.07, 6.45) is 4.94. The van der Waals surface area contributed by atoms with Crippen LogP contribution in [0.15, 0.2) is 47.4 Å². The molecule has 0 bridgehead atoms. The minimum absolute atomic E-state index is 0.0129. The van der Waals surface area contributed by atoms with Crippen LogP contribution in [-0.2, 0) is 10.0 Å². The highest BCUT2D eigenvalue weighted by atomic mass is 35.5. The Kier molecular flexibility index (Phi) is 6.59. The number of nitrogens with zero attached hydrogens (tertiary/aromatic N) is 1. The average molecular weight is 422 g/mol. The molecule has 1 amide bonds. The van der Waals surface area contributed by atoms with Gasteiger partial charge in [0.1, 0.15) is 0 Å². The van der Waals surface area contributed by atoms with Crippen molar-refractivity contribution in [3.8, 4) is 0 Å². The number of anilines is 2. The molecule has 1 saturated heterocycles. The van der Waals surface area contributed by atoms with Crippen LogP contribution in [0, 0.1) is 0 Å². The van der Waals surface area contributed by atoms with Crippen LogP contribution < -0.4 is 14.9 Å². The van der Waals surface area contributed by atoms with Gasteiger partial charge in [0.25, 0.3) is 5.91 Å². The number of nitrogens with one attached hydrogen (secondary N) is 2. The molecule has 3 rings (SSSR count). The van der Waals surface area contributed by atoms with Crippen LogP contribution in [0.4, 0.5) is 11.4 Å². The maximum absolute atomic E-state index is 12.6. The van der Waals surface area contributed by atoms with Gasteiger partial charge in [-0.1, -0.05) is 24.4 Å². The standard InChI is InChI=1S/C20H24ClN3O3S/c1-22-28(26,27)17-10-11-19(21)18(14-17)20(25)23-15-6-8-16(9-7-15)24-12-4-2-3-5-13-24/h6-11,14,22H,2-5,12-13H2,1H3,(H,23,25). The summed E-state index contributed by atoms with van der Waals surface area (Å²) in [5, 5.41) is 2.97. The molecule has 6 nitrogen and oxygen atoms in total. The first-order valence-electron chi connectivity index (χ1n) is 9.30. The zero-order valence-corrected chi connectivity index (χ0v) is 17.3. The van der Waals surface area contributed by atoms with Gasteiger partial charge in [-0.2, -0.15) is 0 Å². The van der Waals surface area contributed by atoms with Crippen LogP contribution in [0.1, 0.15) is 36.0 Å². The van der Waals surface area contributed by atoms with E-state index in [-0.39, 0.29) is 15.5 Å². The van der Waals surface area contributed by atoms with Crippen LogP contribution >= 0.6 is 11.6 Å². The second kappa shape index (κ2) is 8.94. The van der Waals surface area contributed by atoms with E-state index in [1.165, 1.54) is 50.9 Å². The molecule has 1 fully saturated rings. The molecule has 1 heterocycles. The molecule has 0 radical (unpaired) electrons. The van der Waals surface area contributed by atoms with Crippen molar-refractivity contribution in [1.82, 2.24) is 4.72 Å². The van der Waals surface area contributed by atoms with Crippen molar-refractivity contribution in [2.45, 2.75) is 30.6 Å². The summed E-state index contributed by atoms with van der Waals surface area (Å²) in [7, 11) is -2.34. The summed E-state index contributed by atoms with van der Waals surface area (Å²) in [5.74, 6) is -0.458. The van der Waals surface area contributed by atoms with Crippen molar-refractivity contribution >= 4 is 38.9 Å². The molecule has 0 saturated carbocycles. The van der Waals surface area contributed by atoms with Crippen LogP contribution in [-0.4, -0.2) is 34.5 Å². The van der Waals surface area contributed by atoms with Gasteiger partial charge in [0.05, 0.1) is 15.5 Å². The van der Waals surface area contributed by atoms with E-state index in [0.717, 1.165) is 18.8 Å². The van der Waals surface area contributed by atoms with Crippen LogP contribution in [0.5, 0.6) is 0 Å². The predicted octanol–water partition coefficient (Wildman–Crippen LogP) is 3.88. The Morgan fingerprint density at radius 1 is 1.00 bits per heavy atom. The summed E-state index contributed by atoms with van der Waals surface area (Å²) in [5.41, 5.74) is 1.87. The first-order valence-corrected chi connectivity index (χ1v) is 11.2. The van der Waals surface area contributed by atoms with Gasteiger partial charge in [-0.3, -0.25) is 4.79 Å². The molecule has 0 spiro atoms. The predicted molar refractivity (Wildman–Crippen MR) is 113 cm³/mol. The fraction of sp³-hybridized carbons (Fsp3) is 0.350. The zero-order chi connectivity index (χ0) is 20.1. The SMILES string of the molecule is CNS(=O)(=O)c1ccc(Cl)c(C(=O)Nc2ccc(N3CCCCCC3)cc2)c1. The van der Waals surface area contributed by atoms with Crippen molar-refractivity contribution in [2.75, 3.05) is 30.4 Å². The third-order valence-corrected chi connectivity index (χ3v) is 6.60. The summed E-state index contributed by atoms with van der Waals surface area (Å²) < 4.78 is 26.2. The van der Waals surface area contributed by atoms with Gasteiger partial charge in [0, 0.05) is 24.5 Å². The van der Waals surface area contributed by atoms with Gasteiger partial charge in [-0.15, -0.1) is 0 Å². The van der Waals surface area contributed by atoms with E-state index in [1.54, 1.807) is 0 Å². The number of sulfonamides is 1. The van der Waals surface area contributed by atoms with E-state index in [9.17, 15) is 13.2 Å². The Balaban J connectivity index is 1.75. The van der Waals surface area contributed by atoms with Crippen molar-refractivity contribution in [2.24, 2.45) is 0 Å². The zero-order valence-electron chi connectivity index (χ0n) is 15.7. The minimum atomic E-state index is -3.66. The third kappa shape index (κ3) is 4.84. The lowest BCUT2D eigenvalue weighted by Crippen LogP contribution is -2.23. The summed E-state index contributed by atoms with van der Waals surface area (Å²) in [6.45, 7) is 2.10. The first-order chi connectivity index (χ1) is 13.4. The maximum Gasteiger partial charge on any atom is 0.257 e. The minimum Gasteiger partial charge on any atom is -0.372 e. The second-order valence-electron chi connectivity index (χ2n) is 6.75. The lowest BCUT2D eigenvalue weighted by molar-refractivity contribution is 0.102. The highest BCUT2D eigenvalue weighted by molar-refractivity contribution is 7.89. The molecule has 0 atom stereocenters. The van der Waals surface area contributed by atoms with Crippen molar-refractivity contribution in [3.05, 3.63) is 53.1 Å². The summed E-state index contributed by atoms with van der Waals surface area (Å²) >= 11 is 6.11. The van der Waals surface area contributed by atoms with Gasteiger partial charge in [0.2, 0.25) is 10.0 Å². The molecular weight excluding hydrogens is 398 g/mol. The number of carbonyl (C=O) groups is 1. The molecule has 0 aromatic heterocycles. The molecule has 2 aromatic carbocycles. The molecule has 2 N–H and O–H groups in total. The Bertz CT molecular complexity index is 938. The Morgan fingerprint density at radius 3 is 2.25 bits per heavy atom. The molecule has 150 valence electrons. The Labute approximate surface area is 170 Å². The quantitative estimate of drug-likeness (QED) is 0.767. The molecule has 0 unspecified atom stereocenters. The van der Waals surface area contributed by atoms with E-state index in [0.29, 0.717) is 5.69 Å². The summed E-state index contributed by atoms with van der Waals surface area (Å²) in [6, 6.07) is 11.7. The van der Waals surface area contributed by atoms with Crippen LogP contribution in [0.25, 0.3) is 0 Å². The maximum atomic E-state index is 12.6. The number of rotatable bonds is 5. The first kappa shape index (κ1) is 20.6. The Morgan fingerprint density at radius 2 is 1.64 bits per heavy atom. The van der Waals surface area contributed by atoms with Gasteiger partial charge >= 0.3 is 0 Å². The average Bonchev–Trinajstić information content (AvgIpc) is 2.98. The lowest BCUT2D eigenvalue weighted by Gasteiger charge is -2.22. The molecule has 1 aliphatic rings. The van der Waals surface area contributed by atoms with E-state index in [2.05, 4.69) is 14.9 Å². The number of carbonyl (C=O) groups excluding carboxylic acids is 1. The smallest absolute Gasteiger partial charge is 0.257 e. The van der Waals surface area contributed by atoms with E-state index < -0.39 is 15.9 Å². The van der Waals surface area contributed by atoms with E-state index in [4.69, 9.17) is 11.6 Å². The van der Waals surface area contributed by atoms with Gasteiger partial charge < -0.3 is 10.2 Å². The molecule has 2 aromatic rings. The molecule has 1 aliphatic heterocycles. The van der Waals surface area contributed by atoms with Crippen molar-refractivity contribution < 1.29 is 13.2 Å². The number of benzene rings is 2. The summed E-state index contributed by atoms with van der Waals surface area (Å²) in [4.78, 5) is 15.0. The second-order valence-corrected chi connectivity index (χ2v) is 9.05. The van der Waals surface area contributed by atoms with E-state index in [1.807, 2.05) is 24.3 Å². The monoisotopic (exact) mass is 421 g/mol. The number of hydrogen-bond acceptors (Lipinski definition) is 4.